The molecular formula is C26H30F3N5. The van der Waals surface area contributed by atoms with Crippen molar-refractivity contribution in [3.63, 3.8) is 0 Å². The molecular weight excluding hydrogens is 439 g/mol. The maximum Gasteiger partial charge on any atom is 0.416 e. The number of aryl methyl sites for hydroxylation is 1. The van der Waals surface area contributed by atoms with Crippen molar-refractivity contribution in [2.75, 3.05) is 30.4 Å². The monoisotopic (exact) mass is 469 g/mol. The zero-order chi connectivity index (χ0) is 24.2. The van der Waals surface area contributed by atoms with E-state index in [1.165, 1.54) is 25.8 Å². The van der Waals surface area contributed by atoms with Gasteiger partial charge in [-0.25, -0.2) is 0 Å². The number of likely N-dealkylation sites (N-methyl/N-ethyl adjacent to an activating group) is 1. The van der Waals surface area contributed by atoms with E-state index in [2.05, 4.69) is 50.6 Å². The van der Waals surface area contributed by atoms with Crippen LogP contribution in [-0.2, 0) is 6.18 Å². The van der Waals surface area contributed by atoms with Crippen molar-refractivity contribution in [2.45, 2.75) is 57.9 Å². The molecule has 0 radical (unpaired) electrons. The van der Waals surface area contributed by atoms with Crippen LogP contribution in [-0.4, -0.2) is 47.3 Å². The van der Waals surface area contributed by atoms with Gasteiger partial charge in [0.25, 0.3) is 0 Å². The van der Waals surface area contributed by atoms with E-state index >= 15 is 0 Å². The molecule has 2 fully saturated rings. The number of fused-ring (bicyclic) bond motifs is 3. The molecule has 0 spiro atoms. The molecule has 0 saturated carbocycles. The van der Waals surface area contributed by atoms with E-state index in [1.54, 1.807) is 6.07 Å². The summed E-state index contributed by atoms with van der Waals surface area (Å²) < 4.78 is 40.3. The first-order chi connectivity index (χ1) is 16.1. The summed E-state index contributed by atoms with van der Waals surface area (Å²) in [4.78, 5) is 4.95. The molecule has 8 heteroatoms. The topological polar surface area (TPSA) is 44.3 Å². The molecule has 2 aliphatic heterocycles. The van der Waals surface area contributed by atoms with Crippen molar-refractivity contribution in [3.8, 4) is 0 Å². The molecule has 5 nitrogen and oxygen atoms in total. The second kappa shape index (κ2) is 8.41. The Hall–Kier alpha value is -2.87. The standard InChI is InChI=1S/C26H30F3N5/c1-15-21(6-5-7-24(15)26(27,28)29)16(2)30-25-23-12-18(10-11-22(23)17(3)31-32-25)34-13-19-8-9-20(14-34)33(19)4/h5-7,10-12,16,19-20H,8-9,13-14H2,1-4H3,(H,30,32)/t16-,19?,20?/m1/s1. The number of nitrogens with zero attached hydrogens (tertiary/aromatic N) is 4. The van der Waals surface area contributed by atoms with Crippen molar-refractivity contribution in [1.29, 1.82) is 0 Å². The zero-order valence-electron chi connectivity index (χ0n) is 19.9. The first-order valence-corrected chi connectivity index (χ1v) is 11.8. The van der Waals surface area contributed by atoms with Gasteiger partial charge in [-0.3, -0.25) is 4.90 Å². The van der Waals surface area contributed by atoms with Crippen molar-refractivity contribution >= 4 is 22.3 Å². The number of piperazine rings is 1. The van der Waals surface area contributed by atoms with Crippen molar-refractivity contribution in [1.82, 2.24) is 15.1 Å². The Balaban J connectivity index is 1.48. The van der Waals surface area contributed by atoms with Gasteiger partial charge in [-0.15, -0.1) is 5.10 Å². The van der Waals surface area contributed by atoms with Crippen LogP contribution < -0.4 is 10.2 Å². The smallest absolute Gasteiger partial charge is 0.368 e. The molecule has 180 valence electrons. The molecule has 34 heavy (non-hydrogen) atoms. The minimum atomic E-state index is -4.38. The van der Waals surface area contributed by atoms with E-state index in [0.717, 1.165) is 41.3 Å². The highest BCUT2D eigenvalue weighted by Crippen LogP contribution is 2.37. The van der Waals surface area contributed by atoms with Gasteiger partial charge in [0.15, 0.2) is 5.82 Å². The van der Waals surface area contributed by atoms with Crippen LogP contribution in [0.1, 0.15) is 48.2 Å². The van der Waals surface area contributed by atoms with Crippen LogP contribution in [0.25, 0.3) is 10.8 Å². The second-order valence-electron chi connectivity index (χ2n) is 9.70. The third-order valence-corrected chi connectivity index (χ3v) is 7.66. The molecule has 2 bridgehead atoms. The lowest BCUT2D eigenvalue weighted by Gasteiger charge is -2.40. The van der Waals surface area contributed by atoms with Crippen LogP contribution in [0.3, 0.4) is 0 Å². The first-order valence-electron chi connectivity index (χ1n) is 11.8. The largest absolute Gasteiger partial charge is 0.416 e. The van der Waals surface area contributed by atoms with Crippen molar-refractivity contribution in [3.05, 3.63) is 58.8 Å². The van der Waals surface area contributed by atoms with Gasteiger partial charge >= 0.3 is 6.18 Å². The molecule has 0 aliphatic carbocycles. The summed E-state index contributed by atoms with van der Waals surface area (Å²) in [6.45, 7) is 7.30. The summed E-state index contributed by atoms with van der Waals surface area (Å²) in [5.74, 6) is 0.587. The van der Waals surface area contributed by atoms with Gasteiger partial charge in [-0.1, -0.05) is 18.2 Å². The molecule has 3 aromatic rings. The summed E-state index contributed by atoms with van der Waals surface area (Å²) in [5.41, 5.74) is 2.19. The fraction of sp³-hybridized carbons (Fsp3) is 0.462. The quantitative estimate of drug-likeness (QED) is 0.529. The minimum absolute atomic E-state index is 0.230. The minimum Gasteiger partial charge on any atom is -0.368 e. The van der Waals surface area contributed by atoms with Crippen LogP contribution in [0, 0.1) is 13.8 Å². The molecule has 5 rings (SSSR count). The van der Waals surface area contributed by atoms with E-state index in [1.807, 2.05) is 13.8 Å². The molecule has 2 saturated heterocycles. The highest BCUT2D eigenvalue weighted by molar-refractivity contribution is 5.95. The second-order valence-corrected chi connectivity index (χ2v) is 9.70. The van der Waals surface area contributed by atoms with Gasteiger partial charge < -0.3 is 10.2 Å². The van der Waals surface area contributed by atoms with Crippen LogP contribution in [0.2, 0.25) is 0 Å². The number of benzene rings is 2. The Bertz CT molecular complexity index is 1210. The summed E-state index contributed by atoms with van der Waals surface area (Å²) in [6, 6.07) is 11.5. The average molecular weight is 470 g/mol. The summed E-state index contributed by atoms with van der Waals surface area (Å²) in [7, 11) is 2.22. The van der Waals surface area contributed by atoms with E-state index in [-0.39, 0.29) is 11.6 Å². The van der Waals surface area contributed by atoms with Gasteiger partial charge in [-0.2, -0.15) is 18.3 Å². The fourth-order valence-electron chi connectivity index (χ4n) is 5.62. The van der Waals surface area contributed by atoms with E-state index in [9.17, 15) is 13.2 Å². The van der Waals surface area contributed by atoms with E-state index < -0.39 is 11.7 Å². The SMILES string of the molecule is Cc1c([C@@H](C)Nc2nnc(C)c3ccc(N4CC5CCC(C4)N5C)cc23)cccc1C(F)(F)F. The zero-order valence-corrected chi connectivity index (χ0v) is 19.9. The Kier molecular flexibility index (Phi) is 5.67. The maximum atomic E-state index is 13.4. The summed E-state index contributed by atoms with van der Waals surface area (Å²) in [5, 5.41) is 14.0. The third kappa shape index (κ3) is 3.98. The van der Waals surface area contributed by atoms with Crippen LogP contribution >= 0.6 is 0 Å². The molecule has 1 N–H and O–H groups in total. The molecule has 2 aromatic carbocycles. The van der Waals surface area contributed by atoms with Crippen molar-refractivity contribution in [2.24, 2.45) is 0 Å². The maximum absolute atomic E-state index is 13.4. The number of alkyl halides is 3. The van der Waals surface area contributed by atoms with Gasteiger partial charge in [0.2, 0.25) is 0 Å². The molecule has 1 aromatic heterocycles. The summed E-state index contributed by atoms with van der Waals surface area (Å²) >= 11 is 0. The Morgan fingerprint density at radius 3 is 2.38 bits per heavy atom. The predicted octanol–water partition coefficient (Wildman–Crippen LogP) is 5.72. The normalized spacial score (nSPS) is 21.8. The molecule has 2 unspecified atom stereocenters. The lowest BCUT2D eigenvalue weighted by Crippen LogP contribution is -2.52. The average Bonchev–Trinajstić information content (AvgIpc) is 2.99. The molecule has 3 heterocycles. The number of nitrogens with one attached hydrogen (secondary N) is 1. The van der Waals surface area contributed by atoms with E-state index in [4.69, 9.17) is 0 Å². The van der Waals surface area contributed by atoms with Crippen molar-refractivity contribution < 1.29 is 13.2 Å². The third-order valence-electron chi connectivity index (χ3n) is 7.66. The Morgan fingerprint density at radius 2 is 1.71 bits per heavy atom. The van der Waals surface area contributed by atoms with Gasteiger partial charge in [0.1, 0.15) is 0 Å². The van der Waals surface area contributed by atoms with Crippen LogP contribution in [0.5, 0.6) is 0 Å². The van der Waals surface area contributed by atoms with Gasteiger partial charge in [-0.05, 0) is 70.0 Å². The fourth-order valence-corrected chi connectivity index (χ4v) is 5.62. The lowest BCUT2D eigenvalue weighted by molar-refractivity contribution is -0.138. The van der Waals surface area contributed by atoms with Gasteiger partial charge in [0.05, 0.1) is 17.3 Å². The Morgan fingerprint density at radius 1 is 1.00 bits per heavy atom. The molecule has 0 amide bonds. The van der Waals surface area contributed by atoms with Crippen LogP contribution in [0.4, 0.5) is 24.7 Å². The van der Waals surface area contributed by atoms with Crippen LogP contribution in [0.15, 0.2) is 36.4 Å². The number of anilines is 2. The summed E-state index contributed by atoms with van der Waals surface area (Å²) in [6.07, 6.45) is -1.92. The lowest BCUT2D eigenvalue weighted by atomic mass is 9.97. The highest BCUT2D eigenvalue weighted by atomic mass is 19.4. The number of hydrogen-bond acceptors (Lipinski definition) is 5. The van der Waals surface area contributed by atoms with E-state index in [0.29, 0.717) is 23.5 Å². The molecule has 2 aliphatic rings. The Labute approximate surface area is 198 Å². The number of halogens is 3. The van der Waals surface area contributed by atoms with Gasteiger partial charge in [0, 0.05) is 41.6 Å². The first kappa shape index (κ1) is 22.9. The molecule has 3 atom stereocenters. The predicted molar refractivity (Wildman–Crippen MR) is 129 cm³/mol. The number of aromatic nitrogens is 2. The highest BCUT2D eigenvalue weighted by Gasteiger charge is 2.37. The number of rotatable bonds is 4. The number of hydrogen-bond donors (Lipinski definition) is 1.